The summed E-state index contributed by atoms with van der Waals surface area (Å²) in [5.74, 6) is 3.27. The van der Waals surface area contributed by atoms with Gasteiger partial charge in [-0.25, -0.2) is 9.78 Å². The van der Waals surface area contributed by atoms with Gasteiger partial charge in [0.2, 0.25) is 0 Å². The number of hydrogen-bond acceptors (Lipinski definition) is 4. The van der Waals surface area contributed by atoms with Crippen molar-refractivity contribution in [3.8, 4) is 0 Å². The second-order valence-electron chi connectivity index (χ2n) is 7.00. The number of thiazole rings is 1. The fraction of sp³-hybridized carbons (Fsp3) is 0.556. The predicted octanol–water partition coefficient (Wildman–Crippen LogP) is 4.04. The number of carbonyl (C=O) groups is 1. The lowest BCUT2D eigenvalue weighted by Gasteiger charge is -2.21. The van der Waals surface area contributed by atoms with Crippen LogP contribution >= 0.6 is 11.3 Å². The largest absolute Gasteiger partial charge is 0.464 e. The zero-order valence-corrected chi connectivity index (χ0v) is 14.9. The lowest BCUT2D eigenvalue weighted by atomic mass is 10.3. The van der Waals surface area contributed by atoms with E-state index in [1.165, 1.54) is 6.42 Å². The zero-order valence-electron chi connectivity index (χ0n) is 14.1. The number of aryl methyl sites for hydroxylation is 1. The van der Waals surface area contributed by atoms with Crippen LogP contribution in [0.25, 0.3) is 0 Å². The molecule has 2 aliphatic rings. The molecule has 2 aromatic heterocycles. The van der Waals surface area contributed by atoms with E-state index in [0.717, 1.165) is 41.0 Å². The van der Waals surface area contributed by atoms with Gasteiger partial charge in [-0.15, -0.1) is 11.3 Å². The van der Waals surface area contributed by atoms with Gasteiger partial charge in [-0.1, -0.05) is 6.92 Å². The van der Waals surface area contributed by atoms with Crippen LogP contribution in [0.2, 0.25) is 0 Å². The minimum Gasteiger partial charge on any atom is -0.464 e. The number of amides is 2. The average Bonchev–Trinajstić information content (AvgIpc) is 3.44. The molecule has 24 heavy (non-hydrogen) atoms. The van der Waals surface area contributed by atoms with Crippen LogP contribution in [-0.2, 0) is 13.1 Å². The second kappa shape index (κ2) is 6.24. The van der Waals surface area contributed by atoms with Crippen LogP contribution in [0.5, 0.6) is 0 Å². The molecule has 2 atom stereocenters. The Morgan fingerprint density at radius 1 is 1.46 bits per heavy atom. The van der Waals surface area contributed by atoms with E-state index in [4.69, 9.17) is 4.42 Å². The van der Waals surface area contributed by atoms with E-state index in [-0.39, 0.29) is 6.03 Å². The summed E-state index contributed by atoms with van der Waals surface area (Å²) < 4.78 is 5.97. The first-order valence-corrected chi connectivity index (χ1v) is 9.52. The van der Waals surface area contributed by atoms with Gasteiger partial charge in [-0.2, -0.15) is 0 Å². The van der Waals surface area contributed by atoms with E-state index >= 15 is 0 Å². The van der Waals surface area contributed by atoms with Crippen LogP contribution in [0.4, 0.5) is 4.79 Å². The standard InChI is InChI=1S/C18H23N3O2S/c1-11-7-16(11)17-6-5-15(23-17)9-21(14-3-4-14)18(22)19-8-13-10-24-12(2)20-13/h5-6,10-11,14,16H,3-4,7-9H2,1-2H3,(H,19,22). The Morgan fingerprint density at radius 3 is 2.88 bits per heavy atom. The Labute approximate surface area is 146 Å². The van der Waals surface area contributed by atoms with Crippen molar-refractivity contribution < 1.29 is 9.21 Å². The number of urea groups is 1. The fourth-order valence-electron chi connectivity index (χ4n) is 3.08. The molecule has 5 nitrogen and oxygen atoms in total. The molecule has 2 aromatic rings. The van der Waals surface area contributed by atoms with Gasteiger partial charge in [0.1, 0.15) is 11.5 Å². The van der Waals surface area contributed by atoms with Crippen molar-refractivity contribution in [2.75, 3.05) is 0 Å². The lowest BCUT2D eigenvalue weighted by molar-refractivity contribution is 0.186. The molecule has 2 heterocycles. The molecule has 1 N–H and O–H groups in total. The lowest BCUT2D eigenvalue weighted by Crippen LogP contribution is -2.40. The van der Waals surface area contributed by atoms with Crippen molar-refractivity contribution in [1.29, 1.82) is 0 Å². The Balaban J connectivity index is 1.36. The molecule has 2 unspecified atom stereocenters. The summed E-state index contributed by atoms with van der Waals surface area (Å²) in [6.45, 7) is 5.25. The number of furan rings is 1. The summed E-state index contributed by atoms with van der Waals surface area (Å²) >= 11 is 1.61. The van der Waals surface area contributed by atoms with E-state index in [1.54, 1.807) is 11.3 Å². The number of hydrogen-bond donors (Lipinski definition) is 1. The Kier molecular flexibility index (Phi) is 4.08. The molecule has 128 valence electrons. The molecular weight excluding hydrogens is 322 g/mol. The van der Waals surface area contributed by atoms with Crippen LogP contribution in [-0.4, -0.2) is 22.0 Å². The van der Waals surface area contributed by atoms with Crippen LogP contribution in [0.15, 0.2) is 21.9 Å². The van der Waals surface area contributed by atoms with Crippen molar-refractivity contribution in [2.45, 2.75) is 58.2 Å². The first-order valence-electron chi connectivity index (χ1n) is 8.64. The number of rotatable bonds is 6. The zero-order chi connectivity index (χ0) is 16.7. The summed E-state index contributed by atoms with van der Waals surface area (Å²) in [5.41, 5.74) is 0.921. The van der Waals surface area contributed by atoms with Gasteiger partial charge in [0.05, 0.1) is 23.8 Å². The van der Waals surface area contributed by atoms with Gasteiger partial charge in [-0.05, 0) is 44.2 Å². The number of carbonyl (C=O) groups excluding carboxylic acids is 1. The topological polar surface area (TPSA) is 58.4 Å². The summed E-state index contributed by atoms with van der Waals surface area (Å²) in [6, 6.07) is 4.41. The van der Waals surface area contributed by atoms with Crippen molar-refractivity contribution in [2.24, 2.45) is 5.92 Å². The second-order valence-corrected chi connectivity index (χ2v) is 8.06. The Bertz CT molecular complexity index is 734. The molecule has 0 aliphatic heterocycles. The molecule has 4 rings (SSSR count). The average molecular weight is 345 g/mol. The van der Waals surface area contributed by atoms with Gasteiger partial charge in [0.25, 0.3) is 0 Å². The molecule has 6 heteroatoms. The van der Waals surface area contributed by atoms with Crippen molar-refractivity contribution >= 4 is 17.4 Å². The third-order valence-electron chi connectivity index (χ3n) is 4.82. The van der Waals surface area contributed by atoms with Crippen LogP contribution < -0.4 is 5.32 Å². The predicted molar refractivity (Wildman–Crippen MR) is 92.9 cm³/mol. The molecule has 2 amide bonds. The normalized spacial score (nSPS) is 22.4. The molecule has 0 spiro atoms. The van der Waals surface area contributed by atoms with Crippen molar-refractivity contribution in [1.82, 2.24) is 15.2 Å². The summed E-state index contributed by atoms with van der Waals surface area (Å²) in [7, 11) is 0. The van der Waals surface area contributed by atoms with Gasteiger partial charge in [0, 0.05) is 17.3 Å². The first-order chi connectivity index (χ1) is 11.6. The minimum atomic E-state index is -0.0270. The van der Waals surface area contributed by atoms with Gasteiger partial charge < -0.3 is 14.6 Å². The maximum Gasteiger partial charge on any atom is 0.318 e. The molecule has 2 fully saturated rings. The molecule has 0 saturated heterocycles. The van der Waals surface area contributed by atoms with Gasteiger partial charge in [-0.3, -0.25) is 0 Å². The van der Waals surface area contributed by atoms with E-state index in [0.29, 0.717) is 25.0 Å². The highest BCUT2D eigenvalue weighted by atomic mass is 32.1. The first kappa shape index (κ1) is 15.7. The molecule has 0 aromatic carbocycles. The maximum atomic E-state index is 12.6. The maximum absolute atomic E-state index is 12.6. The number of aromatic nitrogens is 1. The summed E-state index contributed by atoms with van der Waals surface area (Å²) in [5, 5.41) is 6.01. The van der Waals surface area contributed by atoms with Crippen LogP contribution in [0.3, 0.4) is 0 Å². The highest BCUT2D eigenvalue weighted by Crippen LogP contribution is 2.47. The third-order valence-corrected chi connectivity index (χ3v) is 5.64. The van der Waals surface area contributed by atoms with E-state index in [2.05, 4.69) is 23.3 Å². The van der Waals surface area contributed by atoms with Crippen LogP contribution in [0, 0.1) is 12.8 Å². The Hall–Kier alpha value is -1.82. The van der Waals surface area contributed by atoms with E-state index in [1.807, 2.05) is 23.3 Å². The molecule has 2 saturated carbocycles. The third kappa shape index (κ3) is 3.48. The molecule has 0 bridgehead atoms. The molecule has 2 aliphatic carbocycles. The summed E-state index contributed by atoms with van der Waals surface area (Å²) in [4.78, 5) is 18.9. The Morgan fingerprint density at radius 2 is 2.25 bits per heavy atom. The fourth-order valence-corrected chi connectivity index (χ4v) is 3.69. The summed E-state index contributed by atoms with van der Waals surface area (Å²) in [6.07, 6.45) is 3.37. The minimum absolute atomic E-state index is 0.0270. The highest BCUT2D eigenvalue weighted by molar-refractivity contribution is 7.09. The van der Waals surface area contributed by atoms with Crippen molar-refractivity contribution in [3.63, 3.8) is 0 Å². The quantitative estimate of drug-likeness (QED) is 0.859. The molecule has 0 radical (unpaired) electrons. The smallest absolute Gasteiger partial charge is 0.318 e. The number of nitrogens with zero attached hydrogens (tertiary/aromatic N) is 2. The highest BCUT2D eigenvalue weighted by Gasteiger charge is 2.37. The SMILES string of the molecule is Cc1nc(CNC(=O)N(Cc2ccc(C3CC3C)o2)C2CC2)cs1. The van der Waals surface area contributed by atoms with Gasteiger partial charge >= 0.3 is 6.03 Å². The van der Waals surface area contributed by atoms with Crippen molar-refractivity contribution in [3.05, 3.63) is 39.7 Å². The van der Waals surface area contributed by atoms with E-state index in [9.17, 15) is 4.79 Å². The van der Waals surface area contributed by atoms with Gasteiger partial charge in [0.15, 0.2) is 0 Å². The monoisotopic (exact) mass is 345 g/mol. The molecular formula is C18H23N3O2S. The van der Waals surface area contributed by atoms with E-state index < -0.39 is 0 Å². The van der Waals surface area contributed by atoms with Crippen LogP contribution in [0.1, 0.15) is 54.3 Å². The number of nitrogens with one attached hydrogen (secondary N) is 1.